The maximum Gasteiger partial charge on any atom is 0.416 e. The topological polar surface area (TPSA) is 50.3 Å². The highest BCUT2D eigenvalue weighted by Crippen LogP contribution is 2.40. The van der Waals surface area contributed by atoms with Gasteiger partial charge >= 0.3 is 6.18 Å². The number of hydrogen-bond donors (Lipinski definition) is 0. The van der Waals surface area contributed by atoms with Crippen molar-refractivity contribution in [3.8, 4) is 0 Å². The molecule has 0 saturated carbocycles. The molecule has 1 aliphatic rings. The van der Waals surface area contributed by atoms with Crippen molar-refractivity contribution in [2.75, 3.05) is 18.0 Å². The molecule has 0 bridgehead atoms. The molecule has 4 nitrogen and oxygen atoms in total. The van der Waals surface area contributed by atoms with E-state index in [0.29, 0.717) is 25.9 Å². The summed E-state index contributed by atoms with van der Waals surface area (Å²) in [6, 6.07) is 14.0. The molecule has 2 aromatic carbocycles. The number of benzene rings is 2. The van der Waals surface area contributed by atoms with Crippen LogP contribution in [0.4, 0.5) is 18.9 Å². The SMILES string of the molecule is CC(C)(C1CCN(c2cnc3ccccc3c2)CC1)S(=O)(=O)c1cccc(C(F)(F)F)c1. The smallest absolute Gasteiger partial charge is 0.370 e. The van der Waals surface area contributed by atoms with Crippen LogP contribution in [0.5, 0.6) is 0 Å². The molecule has 0 radical (unpaired) electrons. The van der Waals surface area contributed by atoms with Gasteiger partial charge in [0.25, 0.3) is 0 Å². The van der Waals surface area contributed by atoms with E-state index in [4.69, 9.17) is 0 Å². The van der Waals surface area contributed by atoms with Gasteiger partial charge in [-0.3, -0.25) is 4.98 Å². The van der Waals surface area contributed by atoms with E-state index in [9.17, 15) is 21.6 Å². The highest BCUT2D eigenvalue weighted by atomic mass is 32.2. The molecular formula is C24H25F3N2O2S. The van der Waals surface area contributed by atoms with Crippen LogP contribution in [0, 0.1) is 5.92 Å². The number of pyridine rings is 1. The largest absolute Gasteiger partial charge is 0.416 e. The second-order valence-corrected chi connectivity index (χ2v) is 11.3. The molecule has 0 atom stereocenters. The average Bonchev–Trinajstić information content (AvgIpc) is 2.78. The predicted octanol–water partition coefficient (Wildman–Crippen LogP) is 5.72. The number of nitrogens with zero attached hydrogens (tertiary/aromatic N) is 2. The Balaban J connectivity index is 1.53. The van der Waals surface area contributed by atoms with Crippen LogP contribution in [0.2, 0.25) is 0 Å². The van der Waals surface area contributed by atoms with Gasteiger partial charge in [0.1, 0.15) is 0 Å². The zero-order valence-electron chi connectivity index (χ0n) is 17.9. The number of alkyl halides is 3. The second kappa shape index (κ2) is 8.06. The highest BCUT2D eigenvalue weighted by molar-refractivity contribution is 7.92. The molecule has 0 unspecified atom stereocenters. The van der Waals surface area contributed by atoms with Gasteiger partial charge in [-0.25, -0.2) is 8.42 Å². The Bertz CT molecular complexity index is 1230. The summed E-state index contributed by atoms with van der Waals surface area (Å²) in [5.74, 6) is -0.174. The summed E-state index contributed by atoms with van der Waals surface area (Å²) in [6.07, 6.45) is -1.52. The summed E-state index contributed by atoms with van der Waals surface area (Å²) in [7, 11) is -3.96. The minimum atomic E-state index is -4.59. The third kappa shape index (κ3) is 4.08. The van der Waals surface area contributed by atoms with E-state index in [1.165, 1.54) is 6.07 Å². The van der Waals surface area contributed by atoms with Crippen LogP contribution < -0.4 is 4.90 Å². The van der Waals surface area contributed by atoms with E-state index < -0.39 is 26.3 Å². The van der Waals surface area contributed by atoms with Crippen molar-refractivity contribution in [2.45, 2.75) is 42.5 Å². The van der Waals surface area contributed by atoms with Crippen molar-refractivity contribution >= 4 is 26.4 Å². The highest BCUT2D eigenvalue weighted by Gasteiger charge is 2.44. The van der Waals surface area contributed by atoms with Crippen molar-refractivity contribution < 1.29 is 21.6 Å². The molecule has 1 aromatic heterocycles. The molecule has 2 heterocycles. The van der Waals surface area contributed by atoms with E-state index in [1.54, 1.807) is 13.8 Å². The Kier molecular flexibility index (Phi) is 5.69. The molecule has 3 aromatic rings. The van der Waals surface area contributed by atoms with Gasteiger partial charge < -0.3 is 4.90 Å². The summed E-state index contributed by atoms with van der Waals surface area (Å²) < 4.78 is 64.8. The maximum atomic E-state index is 13.3. The van der Waals surface area contributed by atoms with Crippen molar-refractivity contribution in [3.63, 3.8) is 0 Å². The minimum absolute atomic E-state index is 0.174. The van der Waals surface area contributed by atoms with Crippen molar-refractivity contribution in [3.05, 3.63) is 66.4 Å². The Hall–Kier alpha value is -2.61. The third-order valence-corrected chi connectivity index (χ3v) is 9.18. The fraction of sp³-hybridized carbons (Fsp3) is 0.375. The van der Waals surface area contributed by atoms with E-state index >= 15 is 0 Å². The first kappa shape index (κ1) is 22.6. The lowest BCUT2D eigenvalue weighted by Gasteiger charge is -2.41. The van der Waals surface area contributed by atoms with Crippen LogP contribution in [0.15, 0.2) is 65.7 Å². The Morgan fingerprint density at radius 3 is 2.34 bits per heavy atom. The molecule has 4 rings (SSSR count). The lowest BCUT2D eigenvalue weighted by molar-refractivity contribution is -0.137. The minimum Gasteiger partial charge on any atom is -0.370 e. The molecule has 8 heteroatoms. The number of rotatable bonds is 4. The van der Waals surface area contributed by atoms with Gasteiger partial charge in [0.15, 0.2) is 9.84 Å². The first-order valence-corrected chi connectivity index (χ1v) is 12.0. The van der Waals surface area contributed by atoms with Crippen LogP contribution in [0.1, 0.15) is 32.3 Å². The summed E-state index contributed by atoms with van der Waals surface area (Å²) >= 11 is 0. The summed E-state index contributed by atoms with van der Waals surface area (Å²) in [5.41, 5.74) is 0.952. The van der Waals surface area contributed by atoms with Gasteiger partial charge in [-0.15, -0.1) is 0 Å². The summed E-state index contributed by atoms with van der Waals surface area (Å²) in [4.78, 5) is 6.41. The monoisotopic (exact) mass is 462 g/mol. The number of hydrogen-bond acceptors (Lipinski definition) is 4. The average molecular weight is 463 g/mol. The molecule has 1 fully saturated rings. The lowest BCUT2D eigenvalue weighted by Crippen LogP contribution is -2.46. The molecule has 0 aliphatic carbocycles. The Morgan fingerprint density at radius 2 is 1.66 bits per heavy atom. The van der Waals surface area contributed by atoms with E-state index in [2.05, 4.69) is 16.0 Å². The standard InChI is InChI=1S/C24H25F3N2O2S/c1-23(2,32(30,31)21-8-5-7-19(15-21)24(25,26)27)18-10-12-29(13-11-18)20-14-17-6-3-4-9-22(17)28-16-20/h3-9,14-16,18H,10-13H2,1-2H3. The predicted molar refractivity (Wildman–Crippen MR) is 119 cm³/mol. The molecule has 170 valence electrons. The van der Waals surface area contributed by atoms with Crippen LogP contribution in [0.3, 0.4) is 0 Å². The fourth-order valence-corrected chi connectivity index (χ4v) is 6.25. The van der Waals surface area contributed by atoms with Crippen LogP contribution in [-0.4, -0.2) is 31.2 Å². The molecule has 0 N–H and O–H groups in total. The van der Waals surface area contributed by atoms with Gasteiger partial charge in [-0.05, 0) is 62.9 Å². The number of piperidine rings is 1. The van der Waals surface area contributed by atoms with E-state index in [0.717, 1.165) is 34.8 Å². The fourth-order valence-electron chi connectivity index (χ4n) is 4.43. The Morgan fingerprint density at radius 1 is 0.969 bits per heavy atom. The molecule has 32 heavy (non-hydrogen) atoms. The quantitative estimate of drug-likeness (QED) is 0.497. The number of aromatic nitrogens is 1. The number of para-hydroxylation sites is 1. The van der Waals surface area contributed by atoms with Gasteiger partial charge in [-0.1, -0.05) is 24.3 Å². The first-order chi connectivity index (χ1) is 15.0. The zero-order valence-corrected chi connectivity index (χ0v) is 18.7. The normalized spacial score (nSPS) is 16.5. The number of halogens is 3. The van der Waals surface area contributed by atoms with Crippen molar-refractivity contribution in [1.82, 2.24) is 4.98 Å². The van der Waals surface area contributed by atoms with Gasteiger partial charge in [0, 0.05) is 18.5 Å². The summed E-state index contributed by atoms with van der Waals surface area (Å²) in [6.45, 7) is 4.57. The third-order valence-electron chi connectivity index (χ3n) is 6.58. The van der Waals surface area contributed by atoms with Crippen molar-refractivity contribution in [2.24, 2.45) is 5.92 Å². The van der Waals surface area contributed by atoms with Gasteiger partial charge in [0.05, 0.1) is 32.6 Å². The second-order valence-electron chi connectivity index (χ2n) is 8.78. The van der Waals surface area contributed by atoms with Gasteiger partial charge in [-0.2, -0.15) is 13.2 Å². The number of sulfone groups is 1. The molecule has 1 saturated heterocycles. The van der Waals surface area contributed by atoms with E-state index in [-0.39, 0.29) is 10.8 Å². The first-order valence-electron chi connectivity index (χ1n) is 10.5. The molecule has 0 amide bonds. The maximum absolute atomic E-state index is 13.3. The molecular weight excluding hydrogens is 437 g/mol. The van der Waals surface area contributed by atoms with Crippen LogP contribution >= 0.6 is 0 Å². The van der Waals surface area contributed by atoms with E-state index in [1.807, 2.05) is 30.5 Å². The van der Waals surface area contributed by atoms with Crippen LogP contribution in [-0.2, 0) is 16.0 Å². The van der Waals surface area contributed by atoms with Gasteiger partial charge in [0.2, 0.25) is 0 Å². The number of anilines is 1. The van der Waals surface area contributed by atoms with Crippen LogP contribution in [0.25, 0.3) is 10.9 Å². The van der Waals surface area contributed by atoms with Crippen molar-refractivity contribution in [1.29, 1.82) is 0 Å². The Labute approximate surface area is 186 Å². The zero-order chi connectivity index (χ0) is 23.1. The molecule has 0 spiro atoms. The number of fused-ring (bicyclic) bond motifs is 1. The summed E-state index contributed by atoms with van der Waals surface area (Å²) in [5, 5.41) is 1.04. The molecule has 1 aliphatic heterocycles. The lowest BCUT2D eigenvalue weighted by atomic mass is 9.85.